The second-order valence-electron chi connectivity index (χ2n) is 11.9. The van der Waals surface area contributed by atoms with Crippen LogP contribution in [0.15, 0.2) is 24.3 Å². The fourth-order valence-electron chi connectivity index (χ4n) is 5.23. The van der Waals surface area contributed by atoms with Gasteiger partial charge in [0, 0.05) is 0 Å². The second kappa shape index (κ2) is 13.5. The van der Waals surface area contributed by atoms with E-state index in [0.29, 0.717) is 17.3 Å². The Morgan fingerprint density at radius 2 is 0.655 bits per heavy atom. The molecule has 0 N–H and O–H groups in total. The first-order valence-electron chi connectivity index (χ1n) is 12.4. The van der Waals surface area contributed by atoms with Crippen molar-refractivity contribution in [3.63, 3.8) is 0 Å². The van der Waals surface area contributed by atoms with E-state index in [1.807, 2.05) is 0 Å². The zero-order chi connectivity index (χ0) is 22.8. The molecule has 0 nitrogen and oxygen atoms in total. The number of benzene rings is 1. The van der Waals surface area contributed by atoms with Gasteiger partial charge in [0.15, 0.2) is 0 Å². The van der Waals surface area contributed by atoms with Gasteiger partial charge in [0.1, 0.15) is 0 Å². The third-order valence-corrected chi connectivity index (χ3v) is 5.63. The lowest BCUT2D eigenvalue weighted by Gasteiger charge is -2.40. The zero-order valence-electron chi connectivity index (χ0n) is 22.1. The Kier molecular flexibility index (Phi) is 13.1. The van der Waals surface area contributed by atoms with E-state index in [2.05, 4.69) is 107 Å². The highest BCUT2D eigenvalue weighted by molar-refractivity contribution is 5.26. The van der Waals surface area contributed by atoms with Crippen LogP contribution in [0, 0.1) is 29.1 Å². The van der Waals surface area contributed by atoms with Crippen molar-refractivity contribution in [2.75, 3.05) is 0 Å². The van der Waals surface area contributed by atoms with Crippen LogP contribution in [0.25, 0.3) is 0 Å². The lowest BCUT2D eigenvalue weighted by Crippen LogP contribution is -2.29. The van der Waals surface area contributed by atoms with Gasteiger partial charge in [0.25, 0.3) is 0 Å². The minimum absolute atomic E-state index is 0.588. The first-order valence-corrected chi connectivity index (χ1v) is 12.4. The molecular formula is C29H54. The Morgan fingerprint density at radius 1 is 0.448 bits per heavy atom. The smallest absolute Gasteiger partial charge is 0.0219 e. The molecule has 170 valence electrons. The lowest BCUT2D eigenvalue weighted by atomic mass is 9.65. The van der Waals surface area contributed by atoms with Gasteiger partial charge >= 0.3 is 0 Å². The van der Waals surface area contributed by atoms with E-state index in [1.54, 1.807) is 0 Å². The molecule has 0 bridgehead atoms. The summed E-state index contributed by atoms with van der Waals surface area (Å²) in [5.74, 6) is 4.59. The minimum Gasteiger partial charge on any atom is -0.0628 e. The topological polar surface area (TPSA) is 0 Å². The van der Waals surface area contributed by atoms with E-state index in [9.17, 15) is 0 Å². The van der Waals surface area contributed by atoms with Gasteiger partial charge in [-0.25, -0.2) is 0 Å². The molecule has 1 aromatic rings. The standard InChI is InChI=1S/C17H36.C12H18/c1-13(2)9-17(10-14(3)4,11-15(5)6)12-16(7)8;1-9(2)11-5-7-12(8-6-11)10(3)4/h13-16H,9-12H2,1-8H3;5-10H,1-4H3. The molecule has 0 fully saturated rings. The van der Waals surface area contributed by atoms with Gasteiger partial charge in [-0.3, -0.25) is 0 Å². The molecule has 0 spiro atoms. The molecule has 0 atom stereocenters. The number of rotatable bonds is 10. The van der Waals surface area contributed by atoms with Crippen LogP contribution in [0.4, 0.5) is 0 Å². The van der Waals surface area contributed by atoms with Gasteiger partial charge < -0.3 is 0 Å². The molecule has 0 aliphatic heterocycles. The maximum Gasteiger partial charge on any atom is -0.0219 e. The number of hydrogen-bond donors (Lipinski definition) is 0. The Balaban J connectivity index is 0.000000571. The fourth-order valence-corrected chi connectivity index (χ4v) is 5.23. The van der Waals surface area contributed by atoms with Crippen molar-refractivity contribution in [1.29, 1.82) is 0 Å². The maximum absolute atomic E-state index is 2.38. The van der Waals surface area contributed by atoms with Crippen molar-refractivity contribution in [2.45, 2.75) is 121 Å². The Labute approximate surface area is 185 Å². The highest BCUT2D eigenvalue weighted by Crippen LogP contribution is 2.44. The summed E-state index contributed by atoms with van der Waals surface area (Å²) in [6, 6.07) is 8.94. The second-order valence-corrected chi connectivity index (χ2v) is 11.9. The predicted octanol–water partition coefficient (Wildman–Crippen LogP) is 10.1. The van der Waals surface area contributed by atoms with E-state index >= 15 is 0 Å². The number of hydrogen-bond acceptors (Lipinski definition) is 0. The summed E-state index contributed by atoms with van der Waals surface area (Å²) in [6.07, 6.45) is 5.62. The zero-order valence-corrected chi connectivity index (χ0v) is 22.1. The molecule has 1 rings (SSSR count). The molecule has 0 amide bonds. The Morgan fingerprint density at radius 3 is 0.793 bits per heavy atom. The summed E-state index contributed by atoms with van der Waals surface area (Å²) in [6.45, 7) is 28.0. The minimum atomic E-state index is 0.588. The van der Waals surface area contributed by atoms with Crippen LogP contribution < -0.4 is 0 Å². The summed E-state index contributed by atoms with van der Waals surface area (Å²) in [5, 5.41) is 0. The summed E-state index contributed by atoms with van der Waals surface area (Å²) < 4.78 is 0. The quantitative estimate of drug-likeness (QED) is 0.365. The van der Waals surface area contributed by atoms with Crippen molar-refractivity contribution in [3.8, 4) is 0 Å². The van der Waals surface area contributed by atoms with Crippen LogP contribution in [0.3, 0.4) is 0 Å². The van der Waals surface area contributed by atoms with Gasteiger partial charge in [-0.1, -0.05) is 107 Å². The van der Waals surface area contributed by atoms with Crippen LogP contribution in [0.2, 0.25) is 0 Å². The van der Waals surface area contributed by atoms with E-state index in [1.165, 1.54) is 36.8 Å². The van der Waals surface area contributed by atoms with Crippen LogP contribution in [-0.2, 0) is 0 Å². The van der Waals surface area contributed by atoms with Crippen LogP contribution in [-0.4, -0.2) is 0 Å². The molecule has 0 heterocycles. The van der Waals surface area contributed by atoms with Gasteiger partial charge in [0.05, 0.1) is 0 Å². The molecule has 0 saturated heterocycles. The lowest BCUT2D eigenvalue weighted by molar-refractivity contribution is 0.111. The predicted molar refractivity (Wildman–Crippen MR) is 135 cm³/mol. The fraction of sp³-hybridized carbons (Fsp3) is 0.793. The van der Waals surface area contributed by atoms with Gasteiger partial charge in [0.2, 0.25) is 0 Å². The molecule has 0 aliphatic rings. The summed E-state index contributed by atoms with van der Waals surface area (Å²) in [7, 11) is 0. The summed E-state index contributed by atoms with van der Waals surface area (Å²) in [4.78, 5) is 0. The van der Waals surface area contributed by atoms with Crippen molar-refractivity contribution in [3.05, 3.63) is 35.4 Å². The van der Waals surface area contributed by atoms with Crippen LogP contribution in [0.5, 0.6) is 0 Å². The first kappa shape index (κ1) is 28.2. The molecule has 0 radical (unpaired) electrons. The molecule has 0 aliphatic carbocycles. The summed E-state index contributed by atoms with van der Waals surface area (Å²) in [5.41, 5.74) is 3.45. The molecule has 0 heteroatoms. The molecule has 1 aromatic carbocycles. The van der Waals surface area contributed by atoms with E-state index in [4.69, 9.17) is 0 Å². The van der Waals surface area contributed by atoms with Crippen molar-refractivity contribution in [1.82, 2.24) is 0 Å². The van der Waals surface area contributed by atoms with E-state index in [-0.39, 0.29) is 0 Å². The Hall–Kier alpha value is -0.780. The van der Waals surface area contributed by atoms with Gasteiger partial charge in [-0.2, -0.15) is 0 Å². The normalized spacial score (nSPS) is 12.5. The third-order valence-electron chi connectivity index (χ3n) is 5.63. The van der Waals surface area contributed by atoms with E-state index in [0.717, 1.165) is 23.7 Å². The third kappa shape index (κ3) is 12.5. The van der Waals surface area contributed by atoms with Crippen molar-refractivity contribution >= 4 is 0 Å². The highest BCUT2D eigenvalue weighted by atomic mass is 14.4. The molecule has 0 aromatic heterocycles. The maximum atomic E-state index is 2.38. The molecule has 29 heavy (non-hydrogen) atoms. The van der Waals surface area contributed by atoms with Crippen molar-refractivity contribution < 1.29 is 0 Å². The van der Waals surface area contributed by atoms with Gasteiger partial charge in [-0.05, 0) is 77.7 Å². The van der Waals surface area contributed by atoms with Crippen LogP contribution >= 0.6 is 0 Å². The Bertz CT molecular complexity index is 441. The molecular weight excluding hydrogens is 348 g/mol. The molecule has 0 unspecified atom stereocenters. The van der Waals surface area contributed by atoms with Crippen molar-refractivity contribution in [2.24, 2.45) is 29.1 Å². The van der Waals surface area contributed by atoms with E-state index < -0.39 is 0 Å². The summed E-state index contributed by atoms with van der Waals surface area (Å²) >= 11 is 0. The largest absolute Gasteiger partial charge is 0.0628 e. The van der Waals surface area contributed by atoms with Gasteiger partial charge in [-0.15, -0.1) is 0 Å². The SMILES string of the molecule is CC(C)CC(CC(C)C)(CC(C)C)CC(C)C.CC(C)c1ccc(C(C)C)cc1. The van der Waals surface area contributed by atoms with Crippen LogP contribution in [0.1, 0.15) is 132 Å². The first-order chi connectivity index (χ1) is 13.3. The monoisotopic (exact) mass is 402 g/mol. The molecule has 0 saturated carbocycles. The average Bonchev–Trinajstić information content (AvgIpc) is 2.52. The highest BCUT2D eigenvalue weighted by Gasteiger charge is 2.33. The average molecular weight is 403 g/mol.